The van der Waals surface area contributed by atoms with E-state index in [0.29, 0.717) is 0 Å². The van der Waals surface area contributed by atoms with Gasteiger partial charge in [0.15, 0.2) is 11.5 Å². The van der Waals surface area contributed by atoms with Gasteiger partial charge in [-0.15, -0.1) is 0 Å². The van der Waals surface area contributed by atoms with Gasteiger partial charge >= 0.3 is 0 Å². The first-order valence-corrected chi connectivity index (χ1v) is 6.22. The summed E-state index contributed by atoms with van der Waals surface area (Å²) in [6, 6.07) is 12.0. The van der Waals surface area contributed by atoms with Gasteiger partial charge in [0.2, 0.25) is 11.5 Å². The van der Waals surface area contributed by atoms with Crippen LogP contribution < -0.4 is 9.47 Å². The molecule has 1 N–H and O–H groups in total. The Kier molecular flexibility index (Phi) is 4.47. The fraction of sp³-hybridized carbons (Fsp3) is 0.118. The van der Waals surface area contributed by atoms with Gasteiger partial charge in [-0.3, -0.25) is 4.79 Å². The molecule has 0 fully saturated rings. The van der Waals surface area contributed by atoms with Crippen molar-refractivity contribution in [3.8, 4) is 29.1 Å². The second kappa shape index (κ2) is 6.49. The largest absolute Gasteiger partial charge is 0.504 e. The second-order valence-corrected chi connectivity index (χ2v) is 4.18. The van der Waals surface area contributed by atoms with E-state index in [1.807, 2.05) is 30.3 Å². The summed E-state index contributed by atoms with van der Waals surface area (Å²) in [6.07, 6.45) is 0. The molecule has 4 nitrogen and oxygen atoms in total. The Labute approximate surface area is 122 Å². The first-order valence-electron chi connectivity index (χ1n) is 6.22. The maximum atomic E-state index is 12.1. The van der Waals surface area contributed by atoms with E-state index < -0.39 is 5.78 Å². The smallest absolute Gasteiger partial charge is 0.236 e. The molecule has 0 aliphatic rings. The highest BCUT2D eigenvalue weighted by Gasteiger charge is 2.14. The minimum absolute atomic E-state index is 0.165. The predicted molar refractivity (Wildman–Crippen MR) is 78.9 cm³/mol. The molecule has 21 heavy (non-hydrogen) atoms. The molecule has 2 aromatic carbocycles. The Hall–Kier alpha value is -2.93. The fourth-order valence-corrected chi connectivity index (χ4v) is 1.80. The van der Waals surface area contributed by atoms with Crippen molar-refractivity contribution in [2.45, 2.75) is 0 Å². The number of rotatable bonds is 3. The number of hydrogen-bond donors (Lipinski definition) is 1. The molecule has 0 atom stereocenters. The SMILES string of the molecule is COc1cc(C(=O)C#Cc2ccccc2)cc(O)c1OC. The summed E-state index contributed by atoms with van der Waals surface area (Å²) in [5.41, 5.74) is 0.990. The molecule has 106 valence electrons. The van der Waals surface area contributed by atoms with Crippen LogP contribution in [0.2, 0.25) is 0 Å². The summed E-state index contributed by atoms with van der Waals surface area (Å²) in [5, 5.41) is 9.83. The van der Waals surface area contributed by atoms with Crippen LogP contribution in [0.3, 0.4) is 0 Å². The molecule has 4 heteroatoms. The van der Waals surface area contributed by atoms with E-state index in [2.05, 4.69) is 11.8 Å². The third-order valence-corrected chi connectivity index (χ3v) is 2.82. The average Bonchev–Trinajstić information content (AvgIpc) is 2.52. The number of phenols is 1. The zero-order chi connectivity index (χ0) is 15.2. The summed E-state index contributed by atoms with van der Waals surface area (Å²) in [7, 11) is 2.84. The van der Waals surface area contributed by atoms with Gasteiger partial charge in [0.25, 0.3) is 0 Å². The van der Waals surface area contributed by atoms with Gasteiger partial charge in [-0.2, -0.15) is 0 Å². The maximum absolute atomic E-state index is 12.1. The lowest BCUT2D eigenvalue weighted by Crippen LogP contribution is -1.98. The Balaban J connectivity index is 2.32. The van der Waals surface area contributed by atoms with Gasteiger partial charge in [0.1, 0.15) is 0 Å². The van der Waals surface area contributed by atoms with Gasteiger partial charge < -0.3 is 14.6 Å². The third kappa shape index (κ3) is 3.34. The number of ketones is 1. The van der Waals surface area contributed by atoms with Crippen molar-refractivity contribution >= 4 is 5.78 Å². The van der Waals surface area contributed by atoms with Crippen molar-refractivity contribution in [1.29, 1.82) is 0 Å². The number of aromatic hydroxyl groups is 1. The Bertz CT molecular complexity index is 709. The van der Waals surface area contributed by atoms with Crippen LogP contribution in [0.4, 0.5) is 0 Å². The number of methoxy groups -OCH3 is 2. The minimum Gasteiger partial charge on any atom is -0.504 e. The highest BCUT2D eigenvalue weighted by Crippen LogP contribution is 2.37. The van der Waals surface area contributed by atoms with E-state index in [-0.39, 0.29) is 22.8 Å². The van der Waals surface area contributed by atoms with E-state index in [4.69, 9.17) is 9.47 Å². The third-order valence-electron chi connectivity index (χ3n) is 2.82. The van der Waals surface area contributed by atoms with E-state index >= 15 is 0 Å². The lowest BCUT2D eigenvalue weighted by atomic mass is 10.1. The highest BCUT2D eigenvalue weighted by atomic mass is 16.5. The molecule has 0 heterocycles. The predicted octanol–water partition coefficient (Wildman–Crippen LogP) is 2.64. The first kappa shape index (κ1) is 14.5. The van der Waals surface area contributed by atoms with Gasteiger partial charge in [0.05, 0.1) is 14.2 Å². The van der Waals surface area contributed by atoms with Crippen LogP contribution in [-0.4, -0.2) is 25.1 Å². The molecule has 0 radical (unpaired) electrons. The van der Waals surface area contributed by atoms with Crippen molar-refractivity contribution in [3.05, 3.63) is 53.6 Å². The summed E-state index contributed by atoms with van der Waals surface area (Å²) >= 11 is 0. The lowest BCUT2D eigenvalue weighted by Gasteiger charge is -2.10. The molecular weight excluding hydrogens is 268 g/mol. The molecule has 0 bridgehead atoms. The lowest BCUT2D eigenvalue weighted by molar-refractivity contribution is 0.105. The monoisotopic (exact) mass is 282 g/mol. The molecular formula is C17H14O4. The van der Waals surface area contributed by atoms with E-state index in [1.165, 1.54) is 26.4 Å². The molecule has 0 spiro atoms. The van der Waals surface area contributed by atoms with Crippen LogP contribution in [-0.2, 0) is 0 Å². The minimum atomic E-state index is -0.407. The van der Waals surface area contributed by atoms with Gasteiger partial charge in [-0.05, 0) is 30.2 Å². The van der Waals surface area contributed by atoms with Gasteiger partial charge in [0, 0.05) is 11.1 Å². The van der Waals surface area contributed by atoms with Crippen LogP contribution in [0.1, 0.15) is 15.9 Å². The molecule has 0 aliphatic carbocycles. The van der Waals surface area contributed by atoms with Crippen LogP contribution >= 0.6 is 0 Å². The molecule has 0 amide bonds. The summed E-state index contributed by atoms with van der Waals surface area (Å²) < 4.78 is 10.1. The van der Waals surface area contributed by atoms with Crippen LogP contribution in [0.25, 0.3) is 0 Å². The normalized spacial score (nSPS) is 9.43. The Morgan fingerprint density at radius 3 is 2.43 bits per heavy atom. The van der Waals surface area contributed by atoms with Crippen molar-refractivity contribution in [1.82, 2.24) is 0 Å². The Morgan fingerprint density at radius 2 is 1.81 bits per heavy atom. The van der Waals surface area contributed by atoms with Gasteiger partial charge in [-0.1, -0.05) is 24.1 Å². The number of Topliss-reactive ketones (excluding diaryl/α,β-unsaturated/α-hetero) is 1. The molecule has 0 saturated carbocycles. The van der Waals surface area contributed by atoms with Gasteiger partial charge in [-0.25, -0.2) is 0 Å². The summed E-state index contributed by atoms with van der Waals surface area (Å²) in [4.78, 5) is 12.1. The maximum Gasteiger partial charge on any atom is 0.236 e. The molecule has 0 unspecified atom stereocenters. The summed E-state index contributed by atoms with van der Waals surface area (Å²) in [5.74, 6) is 5.20. The topological polar surface area (TPSA) is 55.8 Å². The summed E-state index contributed by atoms with van der Waals surface area (Å²) in [6.45, 7) is 0. The molecule has 0 aliphatic heterocycles. The number of carbonyl (C=O) groups excluding carboxylic acids is 1. The first-order chi connectivity index (χ1) is 10.2. The molecule has 0 saturated heterocycles. The van der Waals surface area contributed by atoms with E-state index in [9.17, 15) is 9.90 Å². The average molecular weight is 282 g/mol. The number of ether oxygens (including phenoxy) is 2. The van der Waals surface area contributed by atoms with E-state index in [1.54, 1.807) is 0 Å². The Morgan fingerprint density at radius 1 is 1.10 bits per heavy atom. The number of benzene rings is 2. The highest BCUT2D eigenvalue weighted by molar-refractivity contribution is 6.10. The van der Waals surface area contributed by atoms with Crippen molar-refractivity contribution in [2.75, 3.05) is 14.2 Å². The van der Waals surface area contributed by atoms with Crippen molar-refractivity contribution in [2.24, 2.45) is 0 Å². The van der Waals surface area contributed by atoms with Crippen LogP contribution in [0, 0.1) is 11.8 Å². The quantitative estimate of drug-likeness (QED) is 0.694. The van der Waals surface area contributed by atoms with Crippen molar-refractivity contribution in [3.63, 3.8) is 0 Å². The van der Waals surface area contributed by atoms with Crippen LogP contribution in [0.5, 0.6) is 17.2 Å². The molecule has 0 aromatic heterocycles. The van der Waals surface area contributed by atoms with E-state index in [0.717, 1.165) is 5.56 Å². The second-order valence-electron chi connectivity index (χ2n) is 4.18. The van der Waals surface area contributed by atoms with Crippen LogP contribution in [0.15, 0.2) is 42.5 Å². The fourth-order valence-electron chi connectivity index (χ4n) is 1.80. The zero-order valence-corrected chi connectivity index (χ0v) is 11.7. The molecule has 2 aromatic rings. The molecule has 2 rings (SSSR count). The number of phenolic OH excluding ortho intramolecular Hbond substituents is 1. The number of carbonyl (C=O) groups is 1. The van der Waals surface area contributed by atoms with Crippen molar-refractivity contribution < 1.29 is 19.4 Å². The standard InChI is InChI=1S/C17H14O4/c1-20-16-11-13(10-15(19)17(16)21-2)14(18)9-8-12-6-4-3-5-7-12/h3-7,10-11,19H,1-2H3. The number of hydrogen-bond acceptors (Lipinski definition) is 4. The zero-order valence-electron chi connectivity index (χ0n) is 11.7.